The molecule has 17 heavy (non-hydrogen) atoms. The first-order chi connectivity index (χ1) is 7.99. The monoisotopic (exact) mass is 278 g/mol. The Morgan fingerprint density at radius 2 is 1.59 bits per heavy atom. The molecule has 0 radical (unpaired) electrons. The minimum Gasteiger partial charge on any atom is -0.368 e. The topological polar surface area (TPSA) is 80.9 Å². The Kier molecular flexibility index (Phi) is 6.26. The molecule has 0 aliphatic carbocycles. The van der Waals surface area contributed by atoms with Crippen molar-refractivity contribution in [2.45, 2.75) is 24.3 Å². The third-order valence-electron chi connectivity index (χ3n) is 2.11. The van der Waals surface area contributed by atoms with Crippen LogP contribution in [0.4, 0.5) is 0 Å². The van der Waals surface area contributed by atoms with Crippen LogP contribution in [0.3, 0.4) is 0 Å². The summed E-state index contributed by atoms with van der Waals surface area (Å²) in [5.74, 6) is 0.111. The van der Waals surface area contributed by atoms with E-state index in [1.54, 1.807) is 24.3 Å². The number of hydrogen-bond acceptors (Lipinski definition) is 5. The molecule has 0 aromatic heterocycles. The predicted molar refractivity (Wildman–Crippen MR) is 67.7 cm³/mol. The van der Waals surface area contributed by atoms with Gasteiger partial charge in [0.15, 0.2) is 12.6 Å². The number of thioether (sulfide) groups is 1. The summed E-state index contributed by atoms with van der Waals surface area (Å²) in [7, 11) is 0. The van der Waals surface area contributed by atoms with Crippen molar-refractivity contribution in [3.8, 4) is 0 Å². The molecule has 0 amide bonds. The lowest BCUT2D eigenvalue weighted by atomic mass is 10.1. The normalized spacial score (nSPS) is 13.4. The molecule has 0 aliphatic heterocycles. The first-order valence-corrected chi connectivity index (χ1v) is 6.51. The zero-order valence-electron chi connectivity index (χ0n) is 9.03. The number of rotatable bonds is 6. The summed E-state index contributed by atoms with van der Waals surface area (Å²) in [6.07, 6.45) is -2.72. The number of aliphatic hydroxyl groups is 4. The lowest BCUT2D eigenvalue weighted by Gasteiger charge is -2.18. The molecule has 1 aromatic carbocycles. The summed E-state index contributed by atoms with van der Waals surface area (Å²) in [5.41, 5.74) is 0.869. The summed E-state index contributed by atoms with van der Waals surface area (Å²) in [6, 6.07) is 6.99. The summed E-state index contributed by atoms with van der Waals surface area (Å²) in [4.78, 5) is 0. The maximum absolute atomic E-state index is 9.00. The second-order valence-electron chi connectivity index (χ2n) is 3.57. The van der Waals surface area contributed by atoms with Gasteiger partial charge < -0.3 is 20.4 Å². The molecule has 1 aromatic rings. The number of halogens is 1. The second-order valence-corrected chi connectivity index (χ2v) is 5.24. The average Bonchev–Trinajstić information content (AvgIpc) is 2.25. The van der Waals surface area contributed by atoms with Gasteiger partial charge in [-0.2, -0.15) is 0 Å². The quantitative estimate of drug-likeness (QED) is 0.587. The summed E-state index contributed by atoms with van der Waals surface area (Å²) < 4.78 is 0. The van der Waals surface area contributed by atoms with E-state index in [1.807, 2.05) is 0 Å². The van der Waals surface area contributed by atoms with Gasteiger partial charge in [0.25, 0.3) is 0 Å². The Bertz CT molecular complexity index is 329. The van der Waals surface area contributed by atoms with Crippen LogP contribution < -0.4 is 0 Å². The smallest absolute Gasteiger partial charge is 0.160 e. The molecule has 1 atom stereocenters. The minimum atomic E-state index is -1.43. The van der Waals surface area contributed by atoms with Gasteiger partial charge in [-0.25, -0.2) is 0 Å². The Hall–Kier alpha value is -0.300. The molecule has 6 heteroatoms. The van der Waals surface area contributed by atoms with Crippen LogP contribution in [-0.2, 0) is 0 Å². The van der Waals surface area contributed by atoms with E-state index in [-0.39, 0.29) is 17.4 Å². The predicted octanol–water partition coefficient (Wildman–Crippen LogP) is 1.13. The highest BCUT2D eigenvalue weighted by Gasteiger charge is 2.16. The van der Waals surface area contributed by atoms with Crippen molar-refractivity contribution in [1.29, 1.82) is 0 Å². The van der Waals surface area contributed by atoms with Crippen LogP contribution >= 0.6 is 23.4 Å². The third-order valence-corrected chi connectivity index (χ3v) is 3.72. The van der Waals surface area contributed by atoms with Gasteiger partial charge in [0, 0.05) is 22.4 Å². The molecular weight excluding hydrogens is 264 g/mol. The van der Waals surface area contributed by atoms with Crippen LogP contribution in [0.2, 0.25) is 5.02 Å². The number of benzene rings is 1. The fraction of sp³-hybridized carbons (Fsp3) is 0.455. The molecule has 0 fully saturated rings. The van der Waals surface area contributed by atoms with Crippen molar-refractivity contribution >= 4 is 23.4 Å². The van der Waals surface area contributed by atoms with Gasteiger partial charge in [0.2, 0.25) is 0 Å². The third kappa shape index (κ3) is 5.72. The van der Waals surface area contributed by atoms with Gasteiger partial charge in [0.1, 0.15) is 0 Å². The molecule has 96 valence electrons. The molecule has 4 N–H and O–H groups in total. The fourth-order valence-corrected chi connectivity index (χ4v) is 2.56. The molecule has 0 spiro atoms. The Labute approximate surface area is 109 Å². The highest BCUT2D eigenvalue weighted by Crippen LogP contribution is 2.33. The van der Waals surface area contributed by atoms with E-state index in [0.717, 1.165) is 5.56 Å². The van der Waals surface area contributed by atoms with Gasteiger partial charge in [0.05, 0.1) is 0 Å². The summed E-state index contributed by atoms with van der Waals surface area (Å²) >= 11 is 7.02. The van der Waals surface area contributed by atoms with E-state index in [9.17, 15) is 0 Å². The molecule has 0 saturated carbocycles. The van der Waals surface area contributed by atoms with Crippen LogP contribution in [0.25, 0.3) is 0 Å². The largest absolute Gasteiger partial charge is 0.368 e. The first kappa shape index (κ1) is 14.8. The number of aliphatic hydroxyl groups excluding tert-OH is 2. The van der Waals surface area contributed by atoms with Crippen molar-refractivity contribution in [2.24, 2.45) is 0 Å². The zero-order chi connectivity index (χ0) is 12.8. The maximum atomic E-state index is 9.00. The van der Waals surface area contributed by atoms with Gasteiger partial charge in [-0.3, -0.25) is 0 Å². The highest BCUT2D eigenvalue weighted by atomic mass is 35.5. The molecular formula is C11H15ClO4S. The zero-order valence-corrected chi connectivity index (χ0v) is 10.6. The highest BCUT2D eigenvalue weighted by molar-refractivity contribution is 7.99. The van der Waals surface area contributed by atoms with Gasteiger partial charge in [-0.15, -0.1) is 11.8 Å². The molecule has 0 saturated heterocycles. The number of hydrogen-bond donors (Lipinski definition) is 4. The molecule has 0 bridgehead atoms. The lowest BCUT2D eigenvalue weighted by Crippen LogP contribution is -2.13. The van der Waals surface area contributed by atoms with Crippen molar-refractivity contribution in [3.05, 3.63) is 34.9 Å². The SMILES string of the molecule is OC(O)CSC(CC(O)O)c1ccc(Cl)cc1. The minimum absolute atomic E-state index is 0.111. The maximum Gasteiger partial charge on any atom is 0.160 e. The van der Waals surface area contributed by atoms with E-state index < -0.39 is 12.6 Å². The van der Waals surface area contributed by atoms with Crippen molar-refractivity contribution < 1.29 is 20.4 Å². The van der Waals surface area contributed by atoms with Crippen LogP contribution in [-0.4, -0.2) is 38.8 Å². The van der Waals surface area contributed by atoms with Gasteiger partial charge >= 0.3 is 0 Å². The van der Waals surface area contributed by atoms with E-state index >= 15 is 0 Å². The summed E-state index contributed by atoms with van der Waals surface area (Å²) in [6.45, 7) is 0. The van der Waals surface area contributed by atoms with E-state index in [1.165, 1.54) is 11.8 Å². The molecule has 0 heterocycles. The Morgan fingerprint density at radius 3 is 2.06 bits per heavy atom. The Balaban J connectivity index is 2.70. The fourth-order valence-electron chi connectivity index (χ4n) is 1.37. The van der Waals surface area contributed by atoms with Crippen LogP contribution in [0.15, 0.2) is 24.3 Å². The molecule has 4 nitrogen and oxygen atoms in total. The average molecular weight is 279 g/mol. The van der Waals surface area contributed by atoms with Crippen molar-refractivity contribution in [3.63, 3.8) is 0 Å². The first-order valence-electron chi connectivity index (χ1n) is 5.08. The molecule has 1 unspecified atom stereocenters. The standard InChI is InChI=1S/C11H15ClO4S/c12-8-3-1-7(2-4-8)9(5-10(13)14)17-6-11(15)16/h1-4,9-11,13-16H,5-6H2. The van der Waals surface area contributed by atoms with Crippen LogP contribution in [0, 0.1) is 0 Å². The van der Waals surface area contributed by atoms with Gasteiger partial charge in [-0.1, -0.05) is 23.7 Å². The second kappa shape index (κ2) is 7.20. The van der Waals surface area contributed by atoms with Crippen molar-refractivity contribution in [1.82, 2.24) is 0 Å². The van der Waals surface area contributed by atoms with Crippen molar-refractivity contribution in [2.75, 3.05) is 5.75 Å². The van der Waals surface area contributed by atoms with E-state index in [2.05, 4.69) is 0 Å². The lowest BCUT2D eigenvalue weighted by molar-refractivity contribution is -0.0456. The van der Waals surface area contributed by atoms with Crippen LogP contribution in [0.5, 0.6) is 0 Å². The Morgan fingerprint density at radius 1 is 1.00 bits per heavy atom. The van der Waals surface area contributed by atoms with E-state index in [0.29, 0.717) is 5.02 Å². The molecule has 1 rings (SSSR count). The van der Waals surface area contributed by atoms with Gasteiger partial charge in [-0.05, 0) is 17.7 Å². The molecule has 0 aliphatic rings. The van der Waals surface area contributed by atoms with E-state index in [4.69, 9.17) is 32.0 Å². The summed E-state index contributed by atoms with van der Waals surface area (Å²) in [5, 5.41) is 36.0. The van der Waals surface area contributed by atoms with Crippen LogP contribution in [0.1, 0.15) is 17.2 Å².